The first-order chi connectivity index (χ1) is 12.1. The van der Waals surface area contributed by atoms with Crippen molar-refractivity contribution >= 4 is 17.2 Å². The summed E-state index contributed by atoms with van der Waals surface area (Å²) in [6, 6.07) is 9.57. The van der Waals surface area contributed by atoms with Crippen molar-refractivity contribution in [3.8, 4) is 5.75 Å². The number of carbonyl (C=O) groups is 1. The molecule has 9 nitrogen and oxygen atoms in total. The molecule has 0 radical (unpaired) electrons. The highest BCUT2D eigenvalue weighted by Crippen LogP contribution is 2.27. The van der Waals surface area contributed by atoms with Crippen LogP contribution in [0.25, 0.3) is 5.65 Å². The third kappa shape index (κ3) is 3.39. The van der Waals surface area contributed by atoms with Gasteiger partial charge in [-0.3, -0.25) is 19.3 Å². The first-order valence-electron chi connectivity index (χ1n) is 7.58. The average molecular weight is 341 g/mol. The van der Waals surface area contributed by atoms with E-state index in [1.807, 2.05) is 12.1 Å². The van der Waals surface area contributed by atoms with E-state index < -0.39 is 10.8 Å². The highest BCUT2D eigenvalue weighted by atomic mass is 16.6. The third-order valence-corrected chi connectivity index (χ3v) is 3.51. The van der Waals surface area contributed by atoms with Gasteiger partial charge in [0, 0.05) is 17.8 Å². The van der Waals surface area contributed by atoms with E-state index in [4.69, 9.17) is 4.74 Å². The molecule has 0 bridgehead atoms. The Morgan fingerprint density at radius 3 is 2.92 bits per heavy atom. The molecule has 3 rings (SSSR count). The van der Waals surface area contributed by atoms with Crippen molar-refractivity contribution in [3.63, 3.8) is 0 Å². The number of carbonyl (C=O) groups excluding carboxylic acids is 1. The lowest BCUT2D eigenvalue weighted by Crippen LogP contribution is -2.24. The van der Waals surface area contributed by atoms with Gasteiger partial charge in [0.05, 0.1) is 18.1 Å². The molecule has 1 N–H and O–H groups in total. The summed E-state index contributed by atoms with van der Waals surface area (Å²) in [5.41, 5.74) is 0.592. The van der Waals surface area contributed by atoms with Crippen molar-refractivity contribution in [3.05, 3.63) is 64.1 Å². The second kappa shape index (κ2) is 6.95. The number of pyridine rings is 1. The first kappa shape index (κ1) is 16.4. The number of nitrogens with one attached hydrogen (secondary N) is 1. The lowest BCUT2D eigenvalue weighted by atomic mass is 10.1. The minimum absolute atomic E-state index is 0.132. The smallest absolute Gasteiger partial charge is 0.311 e. The molecule has 0 fully saturated rings. The zero-order chi connectivity index (χ0) is 17.8. The number of aromatic nitrogens is 3. The van der Waals surface area contributed by atoms with Gasteiger partial charge in [0.2, 0.25) is 0 Å². The zero-order valence-electron chi connectivity index (χ0n) is 13.4. The van der Waals surface area contributed by atoms with Gasteiger partial charge >= 0.3 is 5.69 Å². The van der Waals surface area contributed by atoms with Crippen molar-refractivity contribution in [2.24, 2.45) is 0 Å². The Morgan fingerprint density at radius 1 is 1.32 bits per heavy atom. The molecule has 25 heavy (non-hydrogen) atoms. The number of hydrogen-bond acceptors (Lipinski definition) is 6. The van der Waals surface area contributed by atoms with Gasteiger partial charge in [0.25, 0.3) is 5.91 Å². The fraction of sp³-hybridized carbons (Fsp3) is 0.188. The number of benzene rings is 1. The van der Waals surface area contributed by atoms with Crippen LogP contribution < -0.4 is 10.1 Å². The van der Waals surface area contributed by atoms with Crippen LogP contribution in [0.4, 0.5) is 5.69 Å². The van der Waals surface area contributed by atoms with Gasteiger partial charge in [-0.15, -0.1) is 10.2 Å². The van der Waals surface area contributed by atoms with E-state index in [2.05, 4.69) is 15.5 Å². The quantitative estimate of drug-likeness (QED) is 0.542. The molecule has 0 aliphatic carbocycles. The first-order valence-corrected chi connectivity index (χ1v) is 7.58. The Labute approximate surface area is 142 Å². The number of hydrogen-bond donors (Lipinski definition) is 1. The number of ether oxygens (including phenoxy) is 1. The molecule has 0 saturated carbocycles. The van der Waals surface area contributed by atoms with Crippen LogP contribution in [0.2, 0.25) is 0 Å². The van der Waals surface area contributed by atoms with Gasteiger partial charge < -0.3 is 10.1 Å². The number of fused-ring (bicyclic) bond motifs is 1. The second-order valence-corrected chi connectivity index (χ2v) is 5.10. The number of rotatable bonds is 6. The highest BCUT2D eigenvalue weighted by molar-refractivity contribution is 5.95. The fourth-order valence-corrected chi connectivity index (χ4v) is 2.35. The predicted octanol–water partition coefficient (Wildman–Crippen LogP) is 1.97. The van der Waals surface area contributed by atoms with E-state index in [0.717, 1.165) is 0 Å². The molecule has 1 amide bonds. The third-order valence-electron chi connectivity index (χ3n) is 3.51. The SMILES string of the molecule is CCOc1ccc(C(=O)NCc2nnc3ccccn23)cc1[N+](=O)[O-]. The van der Waals surface area contributed by atoms with E-state index >= 15 is 0 Å². The Bertz CT molecular complexity index is 937. The van der Waals surface area contributed by atoms with Crippen LogP contribution >= 0.6 is 0 Å². The molecule has 0 unspecified atom stereocenters. The molecule has 3 aromatic rings. The molecule has 2 heterocycles. The minimum Gasteiger partial charge on any atom is -0.487 e. The molecule has 0 atom stereocenters. The van der Waals surface area contributed by atoms with Crippen molar-refractivity contribution in [2.45, 2.75) is 13.5 Å². The summed E-state index contributed by atoms with van der Waals surface area (Å²) < 4.78 is 6.96. The normalized spacial score (nSPS) is 10.6. The summed E-state index contributed by atoms with van der Waals surface area (Å²) >= 11 is 0. The molecule has 0 aliphatic rings. The van der Waals surface area contributed by atoms with E-state index in [0.29, 0.717) is 18.1 Å². The van der Waals surface area contributed by atoms with Crippen LogP contribution in [0, 0.1) is 10.1 Å². The fourth-order valence-electron chi connectivity index (χ4n) is 2.35. The Hall–Kier alpha value is -3.49. The van der Waals surface area contributed by atoms with Crippen LogP contribution in [0.1, 0.15) is 23.1 Å². The number of amides is 1. The number of nitrogens with zero attached hydrogens (tertiary/aromatic N) is 4. The number of nitro benzene ring substituents is 1. The van der Waals surface area contributed by atoms with Gasteiger partial charge in [-0.1, -0.05) is 6.07 Å². The van der Waals surface area contributed by atoms with Crippen LogP contribution in [0.3, 0.4) is 0 Å². The van der Waals surface area contributed by atoms with Gasteiger partial charge in [-0.25, -0.2) is 0 Å². The second-order valence-electron chi connectivity index (χ2n) is 5.10. The zero-order valence-corrected chi connectivity index (χ0v) is 13.4. The Morgan fingerprint density at radius 2 is 2.16 bits per heavy atom. The number of nitro groups is 1. The van der Waals surface area contributed by atoms with Crippen molar-refractivity contribution in [1.82, 2.24) is 19.9 Å². The lowest BCUT2D eigenvalue weighted by molar-refractivity contribution is -0.385. The minimum atomic E-state index is -0.576. The molecule has 0 spiro atoms. The van der Waals surface area contributed by atoms with E-state index in [1.54, 1.807) is 23.6 Å². The van der Waals surface area contributed by atoms with Crippen LogP contribution in [0.5, 0.6) is 5.75 Å². The van der Waals surface area contributed by atoms with Crippen LogP contribution in [-0.4, -0.2) is 32.0 Å². The standard InChI is InChI=1S/C16H15N5O4/c1-2-25-13-7-6-11(9-12(13)21(23)24)16(22)17-10-15-19-18-14-5-3-4-8-20(14)15/h3-9H,2,10H2,1H3,(H,17,22). The predicted molar refractivity (Wildman–Crippen MR) is 88.4 cm³/mol. The molecule has 0 saturated heterocycles. The van der Waals surface area contributed by atoms with E-state index in [1.165, 1.54) is 18.2 Å². The molecule has 128 valence electrons. The summed E-state index contributed by atoms with van der Waals surface area (Å²) in [5.74, 6) is 0.246. The Balaban J connectivity index is 1.77. The molecular formula is C16H15N5O4. The van der Waals surface area contributed by atoms with Gasteiger partial charge in [0.1, 0.15) is 0 Å². The monoisotopic (exact) mass is 341 g/mol. The maximum absolute atomic E-state index is 12.3. The molecule has 9 heteroatoms. The average Bonchev–Trinajstić information content (AvgIpc) is 3.03. The molecule has 0 aliphatic heterocycles. The Kier molecular flexibility index (Phi) is 4.55. The van der Waals surface area contributed by atoms with E-state index in [-0.39, 0.29) is 23.5 Å². The maximum Gasteiger partial charge on any atom is 0.311 e. The molecule has 2 aromatic heterocycles. The van der Waals surface area contributed by atoms with Crippen molar-refractivity contribution in [2.75, 3.05) is 6.61 Å². The lowest BCUT2D eigenvalue weighted by Gasteiger charge is -2.07. The maximum atomic E-state index is 12.3. The van der Waals surface area contributed by atoms with Gasteiger partial charge in [-0.2, -0.15) is 0 Å². The van der Waals surface area contributed by atoms with Crippen molar-refractivity contribution in [1.29, 1.82) is 0 Å². The van der Waals surface area contributed by atoms with Crippen LogP contribution in [-0.2, 0) is 6.54 Å². The molecular weight excluding hydrogens is 326 g/mol. The summed E-state index contributed by atoms with van der Waals surface area (Å²) in [6.45, 7) is 2.17. The van der Waals surface area contributed by atoms with Gasteiger partial charge in [0.15, 0.2) is 17.2 Å². The largest absolute Gasteiger partial charge is 0.487 e. The summed E-state index contributed by atoms with van der Waals surface area (Å²) in [4.78, 5) is 22.8. The topological polar surface area (TPSA) is 112 Å². The van der Waals surface area contributed by atoms with E-state index in [9.17, 15) is 14.9 Å². The highest BCUT2D eigenvalue weighted by Gasteiger charge is 2.19. The summed E-state index contributed by atoms with van der Waals surface area (Å²) in [5, 5.41) is 21.8. The van der Waals surface area contributed by atoms with Crippen molar-refractivity contribution < 1.29 is 14.5 Å². The molecule has 1 aromatic carbocycles. The van der Waals surface area contributed by atoms with Gasteiger partial charge in [-0.05, 0) is 31.2 Å². The summed E-state index contributed by atoms with van der Waals surface area (Å²) in [6.07, 6.45) is 1.79. The summed E-state index contributed by atoms with van der Waals surface area (Å²) in [7, 11) is 0. The van der Waals surface area contributed by atoms with Crippen LogP contribution in [0.15, 0.2) is 42.6 Å².